The van der Waals surface area contributed by atoms with E-state index in [1.54, 1.807) is 29.5 Å². The maximum absolute atomic E-state index is 13.7. The Morgan fingerprint density at radius 2 is 1.77 bits per heavy atom. The van der Waals surface area contributed by atoms with Gasteiger partial charge in [-0.3, -0.25) is 4.90 Å². The molecule has 1 aromatic carbocycles. The maximum Gasteiger partial charge on any atom is 0.416 e. The number of halogens is 3. The van der Waals surface area contributed by atoms with Crippen molar-refractivity contribution in [2.75, 3.05) is 74.5 Å². The predicted octanol–water partition coefficient (Wildman–Crippen LogP) is 3.96. The van der Waals surface area contributed by atoms with E-state index in [0.29, 0.717) is 57.3 Å². The monoisotopic (exact) mass is 599 g/mol. The van der Waals surface area contributed by atoms with Gasteiger partial charge in [0.05, 0.1) is 16.5 Å². The average Bonchev–Trinajstić information content (AvgIpc) is 3.56. The van der Waals surface area contributed by atoms with Crippen LogP contribution in [0, 0.1) is 5.41 Å². The van der Waals surface area contributed by atoms with E-state index in [1.807, 2.05) is 10.6 Å². The van der Waals surface area contributed by atoms with Gasteiger partial charge in [-0.1, -0.05) is 18.0 Å². The molecule has 4 heterocycles. The highest BCUT2D eigenvalue weighted by Gasteiger charge is 2.42. The summed E-state index contributed by atoms with van der Waals surface area (Å²) in [5.74, 6) is 0.615. The summed E-state index contributed by atoms with van der Waals surface area (Å²) < 4.78 is 59.3. The summed E-state index contributed by atoms with van der Waals surface area (Å²) in [4.78, 5) is 19.0. The summed E-state index contributed by atoms with van der Waals surface area (Å²) >= 11 is 1.40. The highest BCUT2D eigenvalue weighted by atomic mass is 32.2. The van der Waals surface area contributed by atoms with Gasteiger partial charge in [0, 0.05) is 89.4 Å². The van der Waals surface area contributed by atoms with Crippen LogP contribution in [0.5, 0.6) is 0 Å². The first kappa shape index (κ1) is 29.2. The Morgan fingerprint density at radius 1 is 1.07 bits per heavy atom. The van der Waals surface area contributed by atoms with E-state index < -0.39 is 22.7 Å². The molecular weight excluding hydrogens is 563 g/mol. The van der Waals surface area contributed by atoms with Crippen LogP contribution < -0.4 is 9.62 Å². The highest BCUT2D eigenvalue weighted by molar-refractivity contribution is 7.99. The molecule has 0 radical (unpaired) electrons. The first-order chi connectivity index (χ1) is 19.1. The van der Waals surface area contributed by atoms with Gasteiger partial charge in [-0.05, 0) is 42.4 Å². The molecule has 220 valence electrons. The zero-order valence-electron chi connectivity index (χ0n) is 22.8. The molecule has 1 atom stereocenters. The first-order valence-corrected chi connectivity index (χ1v) is 16.2. The molecule has 1 amide bonds. The number of carbonyl (C=O) groups excluding carboxylic acids is 1. The van der Waals surface area contributed by atoms with E-state index in [4.69, 9.17) is 0 Å². The number of benzene rings is 1. The summed E-state index contributed by atoms with van der Waals surface area (Å²) in [6.45, 7) is 5.73. The molecule has 1 N–H and O–H groups in total. The highest BCUT2D eigenvalue weighted by Crippen LogP contribution is 2.44. The van der Waals surface area contributed by atoms with Crippen LogP contribution in [0.1, 0.15) is 30.4 Å². The lowest BCUT2D eigenvalue weighted by molar-refractivity contribution is -0.137. The Bertz CT molecular complexity index is 1230. The van der Waals surface area contributed by atoms with Crippen molar-refractivity contribution in [3.8, 4) is 0 Å². The number of alkyl halides is 3. The standard InChI is InChI=1S/C26H36F3N7O2S2/c1-39-31-23-5-9-36(30-23)24(37)33-15-13-32(14-16-33)18-20-3-4-21(26(27,28)29)17-22(20)34-10-6-25(19-34)7-11-35(12-8-25)40(2)38/h3-5,9,17H,6-8,10-16,18-19H2,1-2H3,(H,30,31). The minimum atomic E-state index is -4.41. The van der Waals surface area contributed by atoms with Crippen LogP contribution >= 0.6 is 11.9 Å². The number of piperazine rings is 1. The molecule has 0 aliphatic carbocycles. The van der Waals surface area contributed by atoms with Crippen molar-refractivity contribution in [1.82, 2.24) is 23.9 Å². The molecular formula is C26H36F3N7O2S2. The summed E-state index contributed by atoms with van der Waals surface area (Å²) in [5, 5.41) is 4.26. The second-order valence-corrected chi connectivity index (χ2v) is 12.8. The molecule has 3 fully saturated rings. The third kappa shape index (κ3) is 6.44. The van der Waals surface area contributed by atoms with E-state index in [1.165, 1.54) is 28.8 Å². The van der Waals surface area contributed by atoms with Gasteiger partial charge in [-0.15, -0.1) is 5.10 Å². The molecule has 14 heteroatoms. The third-order valence-corrected chi connectivity index (χ3v) is 9.87. The first-order valence-electron chi connectivity index (χ1n) is 13.5. The van der Waals surface area contributed by atoms with Crippen LogP contribution in [-0.4, -0.2) is 99.0 Å². The van der Waals surface area contributed by atoms with E-state index in [9.17, 15) is 22.2 Å². The predicted molar refractivity (Wildman–Crippen MR) is 153 cm³/mol. The molecule has 1 unspecified atom stereocenters. The topological polar surface area (TPSA) is 77.0 Å². The second kappa shape index (κ2) is 11.9. The number of carbonyl (C=O) groups is 1. The minimum Gasteiger partial charge on any atom is -0.371 e. The van der Waals surface area contributed by atoms with Gasteiger partial charge < -0.3 is 14.5 Å². The molecule has 2 aromatic rings. The second-order valence-electron chi connectivity index (χ2n) is 10.9. The van der Waals surface area contributed by atoms with E-state index in [0.717, 1.165) is 37.9 Å². The van der Waals surface area contributed by atoms with Crippen LogP contribution in [0.2, 0.25) is 0 Å². The van der Waals surface area contributed by atoms with Gasteiger partial charge in [-0.2, -0.15) is 17.9 Å². The van der Waals surface area contributed by atoms with Gasteiger partial charge in [0.25, 0.3) is 0 Å². The van der Waals surface area contributed by atoms with Crippen molar-refractivity contribution < 1.29 is 22.2 Å². The lowest BCUT2D eigenvalue weighted by atomic mass is 9.78. The molecule has 3 aliphatic rings. The average molecular weight is 600 g/mol. The Hall–Kier alpha value is -2.29. The van der Waals surface area contributed by atoms with Gasteiger partial charge in [0.2, 0.25) is 0 Å². The van der Waals surface area contributed by atoms with E-state index in [2.05, 4.69) is 19.6 Å². The largest absolute Gasteiger partial charge is 0.416 e. The summed E-state index contributed by atoms with van der Waals surface area (Å²) in [6.07, 6.45) is 3.53. The van der Waals surface area contributed by atoms with Crippen molar-refractivity contribution in [2.45, 2.75) is 32.0 Å². The van der Waals surface area contributed by atoms with Gasteiger partial charge in [0.15, 0.2) is 5.82 Å². The number of anilines is 2. The molecule has 0 bridgehead atoms. The fourth-order valence-corrected chi connectivity index (χ4v) is 7.02. The number of aromatic nitrogens is 2. The van der Waals surface area contributed by atoms with Crippen LogP contribution in [0.15, 0.2) is 30.5 Å². The normalized spacial score (nSPS) is 21.2. The Labute approximate surface area is 239 Å². The fraction of sp³-hybridized carbons (Fsp3) is 0.615. The Kier molecular flexibility index (Phi) is 8.69. The third-order valence-electron chi connectivity index (χ3n) is 8.37. The minimum absolute atomic E-state index is 0.0467. The quantitative estimate of drug-likeness (QED) is 0.504. The lowest BCUT2D eigenvalue weighted by Gasteiger charge is -2.38. The zero-order valence-corrected chi connectivity index (χ0v) is 24.5. The van der Waals surface area contributed by atoms with Crippen molar-refractivity contribution >= 4 is 40.5 Å². The molecule has 3 aliphatic heterocycles. The number of amides is 1. The summed E-state index contributed by atoms with van der Waals surface area (Å²) in [7, 11) is -0.995. The van der Waals surface area contributed by atoms with Gasteiger partial charge in [0.1, 0.15) is 0 Å². The van der Waals surface area contributed by atoms with Crippen LogP contribution in [0.4, 0.5) is 29.5 Å². The van der Waals surface area contributed by atoms with Crippen LogP contribution in [-0.2, 0) is 23.7 Å². The van der Waals surface area contributed by atoms with Crippen molar-refractivity contribution in [1.29, 1.82) is 0 Å². The molecule has 3 saturated heterocycles. The number of hydrogen-bond donors (Lipinski definition) is 1. The molecule has 9 nitrogen and oxygen atoms in total. The molecule has 40 heavy (non-hydrogen) atoms. The molecule has 1 spiro atoms. The summed E-state index contributed by atoms with van der Waals surface area (Å²) in [6, 6.07) is 5.66. The summed E-state index contributed by atoms with van der Waals surface area (Å²) in [5.41, 5.74) is 0.938. The number of hydrogen-bond acceptors (Lipinski definition) is 7. The Balaban J connectivity index is 1.26. The van der Waals surface area contributed by atoms with Crippen LogP contribution in [0.25, 0.3) is 0 Å². The molecule has 5 rings (SSSR count). The number of nitrogens with zero attached hydrogens (tertiary/aromatic N) is 6. The smallest absolute Gasteiger partial charge is 0.371 e. The number of piperidine rings is 1. The van der Waals surface area contributed by atoms with Crippen LogP contribution in [0.3, 0.4) is 0 Å². The lowest BCUT2D eigenvalue weighted by Crippen LogP contribution is -2.49. The van der Waals surface area contributed by atoms with Crippen molar-refractivity contribution in [3.63, 3.8) is 0 Å². The SMILES string of the molecule is CSNc1ccn(C(=O)N2CCN(Cc3ccc(C(F)(F)F)cc3N3CCC4(CCN(S(C)=O)CC4)C3)CC2)n1. The van der Waals surface area contributed by atoms with Crippen molar-refractivity contribution in [2.24, 2.45) is 5.41 Å². The van der Waals surface area contributed by atoms with Gasteiger partial charge >= 0.3 is 12.2 Å². The zero-order chi connectivity index (χ0) is 28.5. The molecule has 0 saturated carbocycles. The van der Waals surface area contributed by atoms with Crippen molar-refractivity contribution in [3.05, 3.63) is 41.6 Å². The van der Waals surface area contributed by atoms with E-state index in [-0.39, 0.29) is 11.4 Å². The number of rotatable bonds is 6. The Morgan fingerprint density at radius 3 is 2.42 bits per heavy atom. The fourth-order valence-electron chi connectivity index (χ4n) is 6.01. The van der Waals surface area contributed by atoms with Gasteiger partial charge in [-0.25, -0.2) is 13.3 Å². The number of nitrogens with one attached hydrogen (secondary N) is 1. The maximum atomic E-state index is 13.7. The van der Waals surface area contributed by atoms with E-state index >= 15 is 0 Å². The molecule has 1 aromatic heterocycles.